The zero-order valence-electron chi connectivity index (χ0n) is 7.67. The van der Waals surface area contributed by atoms with Gasteiger partial charge < -0.3 is 18.2 Å². The molecule has 0 saturated heterocycles. The van der Waals surface area contributed by atoms with Crippen LogP contribution in [0.25, 0.3) is 0 Å². The second-order valence-corrected chi connectivity index (χ2v) is 2.29. The fraction of sp³-hybridized carbons (Fsp3) is 1.00. The van der Waals surface area contributed by atoms with E-state index in [2.05, 4.69) is 0 Å². The van der Waals surface area contributed by atoms with Crippen molar-refractivity contribution in [2.24, 2.45) is 5.41 Å². The van der Waals surface area contributed by atoms with Crippen LogP contribution in [-0.2, 0) is 0 Å². The normalized spacial score (nSPS) is 10.7. The van der Waals surface area contributed by atoms with Gasteiger partial charge in [0.05, 0.1) is 19.8 Å². The van der Waals surface area contributed by atoms with Gasteiger partial charge in [0.2, 0.25) is 0 Å². The molecule has 0 aliphatic carbocycles. The van der Waals surface area contributed by atoms with E-state index in [0.29, 0.717) is 0 Å². The van der Waals surface area contributed by atoms with Crippen LogP contribution in [0.3, 0.4) is 0 Å². The summed E-state index contributed by atoms with van der Waals surface area (Å²) in [6.45, 7) is 1.06. The number of aliphatic hydroxyl groups excluding tert-OH is 3. The van der Waals surface area contributed by atoms with Gasteiger partial charge in [-0.1, -0.05) is 6.92 Å². The van der Waals surface area contributed by atoms with Crippen LogP contribution >= 0.6 is 0 Å². The third kappa shape index (κ3) is 4.53. The van der Waals surface area contributed by atoms with Crippen LogP contribution in [0.2, 0.25) is 0 Å². The largest absolute Gasteiger partial charge is 2.00 e. The molecule has 0 spiro atoms. The molecule has 0 aliphatic rings. The number of rotatable bonds is 3. The number of hydrogen-bond donors (Lipinski definition) is 3. The molecule has 0 fully saturated rings. The Bertz CT molecular complexity index is 62.5. The maximum atomic E-state index is 8.47. The molecule has 0 atom stereocenters. The minimum atomic E-state index is -0.708. The van der Waals surface area contributed by atoms with Gasteiger partial charge in [0.25, 0.3) is 0 Å². The minimum Gasteiger partial charge on any atom is -1.00 e. The van der Waals surface area contributed by atoms with Crippen LogP contribution in [0.1, 0.15) is 9.78 Å². The van der Waals surface area contributed by atoms with Crippen molar-refractivity contribution in [3.05, 3.63) is 0 Å². The summed E-state index contributed by atoms with van der Waals surface area (Å²) in [5.41, 5.74) is -0.708. The molecule has 0 saturated carbocycles. The molecule has 0 heterocycles. The van der Waals surface area contributed by atoms with E-state index in [1.165, 1.54) is 0 Å². The quantitative estimate of drug-likeness (QED) is 0.457. The van der Waals surface area contributed by atoms with Gasteiger partial charge in [0, 0.05) is 5.41 Å². The molecule has 0 amide bonds. The van der Waals surface area contributed by atoms with Crippen LogP contribution in [0.5, 0.6) is 0 Å². The van der Waals surface area contributed by atoms with Crippen LogP contribution in [0.15, 0.2) is 0 Å². The molecule has 0 aromatic carbocycles. The van der Waals surface area contributed by atoms with Gasteiger partial charge >= 0.3 is 37.7 Å². The summed E-state index contributed by atoms with van der Waals surface area (Å²) in [6, 6.07) is 0. The average molecular weight is 162 g/mol. The maximum absolute atomic E-state index is 8.47. The van der Waals surface area contributed by atoms with Crippen LogP contribution in [-0.4, -0.2) is 72.9 Å². The summed E-state index contributed by atoms with van der Waals surface area (Å²) in [5.74, 6) is 0. The third-order valence-corrected chi connectivity index (χ3v) is 1.15. The standard InChI is InChI=1S/C5H12O3.Ca.2H/c1-5(2-6,3-7)4-8;;;/h6-8H,2-4H2,1H3;;;/q;+2;2*-1. The van der Waals surface area contributed by atoms with Crippen LogP contribution in [0, 0.1) is 5.41 Å². The summed E-state index contributed by atoms with van der Waals surface area (Å²) < 4.78 is 0. The molecule has 0 bridgehead atoms. The minimum absolute atomic E-state index is 0. The molecule has 9 heavy (non-hydrogen) atoms. The number of aliphatic hydroxyl groups is 3. The molecule has 0 rings (SSSR count). The van der Waals surface area contributed by atoms with Gasteiger partial charge in [-0.2, -0.15) is 0 Å². The molecule has 3 nitrogen and oxygen atoms in total. The molecule has 0 aromatic rings. The molecular formula is C5H14CaO3. The topological polar surface area (TPSA) is 60.7 Å². The molecular weight excluding hydrogens is 148 g/mol. The SMILES string of the molecule is CC(CO)(CO)CO.[Ca+2].[H-].[H-]. The summed E-state index contributed by atoms with van der Waals surface area (Å²) in [7, 11) is 0. The number of hydrogen-bond acceptors (Lipinski definition) is 3. The Morgan fingerprint density at radius 3 is 1.33 bits per heavy atom. The van der Waals surface area contributed by atoms with Crippen LogP contribution < -0.4 is 0 Å². The smallest absolute Gasteiger partial charge is 1.00 e. The van der Waals surface area contributed by atoms with E-state index in [1.54, 1.807) is 6.92 Å². The van der Waals surface area contributed by atoms with E-state index < -0.39 is 5.41 Å². The summed E-state index contributed by atoms with van der Waals surface area (Å²) in [5, 5.41) is 25.4. The molecule has 3 N–H and O–H groups in total. The van der Waals surface area contributed by atoms with E-state index in [4.69, 9.17) is 15.3 Å². The molecule has 4 heteroatoms. The van der Waals surface area contributed by atoms with E-state index in [-0.39, 0.29) is 60.4 Å². The van der Waals surface area contributed by atoms with Gasteiger partial charge in [-0.15, -0.1) is 0 Å². The fourth-order valence-electron chi connectivity index (χ4n) is 0.150. The van der Waals surface area contributed by atoms with Crippen molar-refractivity contribution in [2.75, 3.05) is 19.8 Å². The van der Waals surface area contributed by atoms with Gasteiger partial charge in [-0.3, -0.25) is 0 Å². The van der Waals surface area contributed by atoms with Gasteiger partial charge in [-0.25, -0.2) is 0 Å². The first-order valence-electron chi connectivity index (χ1n) is 2.51. The Labute approximate surface area is 87.7 Å². The van der Waals surface area contributed by atoms with Crippen molar-refractivity contribution in [3.63, 3.8) is 0 Å². The first-order valence-corrected chi connectivity index (χ1v) is 2.51. The second kappa shape index (κ2) is 5.89. The van der Waals surface area contributed by atoms with Gasteiger partial charge in [0.15, 0.2) is 0 Å². The Balaban J connectivity index is -0.0000000817. The van der Waals surface area contributed by atoms with E-state index in [9.17, 15) is 0 Å². The van der Waals surface area contributed by atoms with E-state index in [0.717, 1.165) is 0 Å². The zero-order valence-corrected chi connectivity index (χ0v) is 7.88. The maximum Gasteiger partial charge on any atom is 2.00 e. The Kier molecular flexibility index (Phi) is 8.37. The van der Waals surface area contributed by atoms with E-state index >= 15 is 0 Å². The van der Waals surface area contributed by atoms with Crippen molar-refractivity contribution in [3.8, 4) is 0 Å². The molecule has 0 aromatic heterocycles. The summed E-state index contributed by atoms with van der Waals surface area (Å²) in [4.78, 5) is 0. The zero-order chi connectivity index (χ0) is 6.62. The monoisotopic (exact) mass is 162 g/mol. The van der Waals surface area contributed by atoms with Crippen molar-refractivity contribution in [2.45, 2.75) is 6.92 Å². The Hall–Kier alpha value is 1.14. The van der Waals surface area contributed by atoms with Crippen molar-refractivity contribution in [1.82, 2.24) is 0 Å². The molecule has 0 aliphatic heterocycles. The van der Waals surface area contributed by atoms with E-state index in [1.807, 2.05) is 0 Å². The third-order valence-electron chi connectivity index (χ3n) is 1.15. The summed E-state index contributed by atoms with van der Waals surface area (Å²) >= 11 is 0. The second-order valence-electron chi connectivity index (χ2n) is 2.29. The Morgan fingerprint density at radius 2 is 1.33 bits per heavy atom. The predicted molar refractivity (Wildman–Crippen MR) is 37.3 cm³/mol. The fourth-order valence-corrected chi connectivity index (χ4v) is 0.150. The van der Waals surface area contributed by atoms with Crippen molar-refractivity contribution < 1.29 is 18.2 Å². The van der Waals surface area contributed by atoms with Crippen molar-refractivity contribution >= 4 is 37.7 Å². The van der Waals surface area contributed by atoms with Gasteiger partial charge in [0.1, 0.15) is 0 Å². The Morgan fingerprint density at radius 1 is 1.11 bits per heavy atom. The van der Waals surface area contributed by atoms with Crippen molar-refractivity contribution in [1.29, 1.82) is 0 Å². The van der Waals surface area contributed by atoms with Crippen LogP contribution in [0.4, 0.5) is 0 Å². The average Bonchev–Trinajstić information content (AvgIpc) is 1.87. The molecule has 54 valence electrons. The first kappa shape index (κ1) is 12.8. The predicted octanol–water partition coefficient (Wildman–Crippen LogP) is -1.19. The first-order chi connectivity index (χ1) is 3.68. The molecule has 0 unspecified atom stereocenters. The molecule has 0 radical (unpaired) electrons. The summed E-state index contributed by atoms with van der Waals surface area (Å²) in [6.07, 6.45) is 0. The van der Waals surface area contributed by atoms with Gasteiger partial charge in [-0.05, 0) is 0 Å².